The third kappa shape index (κ3) is 25.1. The minimum atomic E-state index is -1.83. The van der Waals surface area contributed by atoms with Crippen molar-refractivity contribution in [3.8, 4) is 0 Å². The van der Waals surface area contributed by atoms with Crippen LogP contribution >= 0.6 is 50.5 Å². The molecule has 35 heteroatoms. The van der Waals surface area contributed by atoms with Gasteiger partial charge in [-0.3, -0.25) is 38.4 Å². The Balaban J connectivity index is -0.00000132. The molecule has 0 fully saturated rings. The topological polar surface area (TPSA) is 487 Å². The van der Waals surface area contributed by atoms with Crippen molar-refractivity contribution in [1.29, 1.82) is 0 Å². The summed E-state index contributed by atoms with van der Waals surface area (Å²) in [6.45, 7) is 7.90. The Hall–Kier alpha value is -4.42. The van der Waals surface area contributed by atoms with Crippen LogP contribution in [0.15, 0.2) is 10.6 Å². The van der Waals surface area contributed by atoms with E-state index >= 15 is 0 Å². The van der Waals surface area contributed by atoms with Crippen LogP contribution in [0.4, 0.5) is 0 Å². The Morgan fingerprint density at radius 2 is 0.767 bits per heavy atom. The molecule has 0 saturated heterocycles. The number of hydrogen-bond donors (Lipinski definition) is 16. The summed E-state index contributed by atoms with van der Waals surface area (Å²) < 4.78 is 0. The predicted octanol–water partition coefficient (Wildman–Crippen LogP) is -8.65. The van der Waals surface area contributed by atoms with Gasteiger partial charge in [0.25, 0.3) is 11.8 Å². The standard InChI is InChI=1S/2C19H34N6O9S2.Fe/c2*1-8(2)4-10(20)15(28)21-11(5-26)16(29)23-14(9(3)27)17(30)22-12(6-35)18(31)25(24-34)13(7-36)19(32)33;/h2*8-14,26-27,35-36H,4-7,20H2,1-3H3,(H,21,28)(H,22,30)(H,23,29)(H,32,33);/q;;+2/p-2/t2*9-,10+,11+,12+,13+,14+;/m11./s1. The van der Waals surface area contributed by atoms with Crippen LogP contribution in [-0.4, -0.2) is 198 Å². The number of nitroso groups, excluding NO2 is 2. The maximum atomic E-state index is 12.7. The molecule has 0 radical (unpaired) electrons. The summed E-state index contributed by atoms with van der Waals surface area (Å²) in [5.74, 6) is -13.6. The summed E-state index contributed by atoms with van der Waals surface area (Å²) in [4.78, 5) is 145. The first kappa shape index (κ1) is 72.8. The molecule has 73 heavy (non-hydrogen) atoms. The van der Waals surface area contributed by atoms with Crippen molar-refractivity contribution < 1.29 is 95.7 Å². The quantitative estimate of drug-likeness (QED) is 0.0129. The first-order chi connectivity index (χ1) is 33.5. The number of carbonyl (C=O) groups excluding carboxylic acids is 10. The zero-order valence-corrected chi connectivity index (χ0v) is 45.0. The summed E-state index contributed by atoms with van der Waals surface area (Å²) >= 11 is 15.3. The molecule has 418 valence electrons. The molecule has 0 saturated carbocycles. The number of hydrogen-bond acceptors (Lipinski definition) is 26. The van der Waals surface area contributed by atoms with Gasteiger partial charge in [-0.15, -0.1) is 9.81 Å². The first-order valence-electron chi connectivity index (χ1n) is 21.6. The number of amides is 8. The van der Waals surface area contributed by atoms with Crippen LogP contribution in [0.2, 0.25) is 0 Å². The van der Waals surface area contributed by atoms with E-state index in [4.69, 9.17) is 11.5 Å². The number of carbonyl (C=O) groups is 10. The molecular formula is C38H66FeN12O18S4. The number of nitrogens with zero attached hydrogens (tertiary/aromatic N) is 4. The van der Waals surface area contributed by atoms with E-state index in [-0.39, 0.29) is 38.9 Å². The smallest absolute Gasteiger partial charge is 0.548 e. The van der Waals surface area contributed by atoms with E-state index in [0.717, 1.165) is 13.8 Å². The van der Waals surface area contributed by atoms with Crippen LogP contribution in [0.5, 0.6) is 0 Å². The summed E-state index contributed by atoms with van der Waals surface area (Å²) in [6, 6.07) is -15.2. The summed E-state index contributed by atoms with van der Waals surface area (Å²) in [5, 5.41) is 79.2. The van der Waals surface area contributed by atoms with Crippen molar-refractivity contribution in [2.75, 3.05) is 36.2 Å². The van der Waals surface area contributed by atoms with Gasteiger partial charge in [0.2, 0.25) is 35.4 Å². The zero-order valence-electron chi connectivity index (χ0n) is 40.3. The van der Waals surface area contributed by atoms with Crippen LogP contribution in [-0.2, 0) is 65.0 Å². The van der Waals surface area contributed by atoms with Gasteiger partial charge in [0.05, 0.1) is 60.0 Å². The number of rotatable bonds is 32. The second kappa shape index (κ2) is 37.3. The fourth-order valence-corrected chi connectivity index (χ4v) is 6.81. The second-order valence-corrected chi connectivity index (χ2v) is 17.9. The maximum Gasteiger partial charge on any atom is 2.00 e. The molecule has 0 aliphatic carbocycles. The summed E-state index contributed by atoms with van der Waals surface area (Å²) in [7, 11) is 0. The van der Waals surface area contributed by atoms with E-state index in [1.165, 1.54) is 0 Å². The Kier molecular flexibility index (Phi) is 37.2. The SMILES string of the molecule is CC(C)C[C@H](N)C(=O)N[C@@H](CO)C(=O)N[C@H](C(=O)N[C@@H](CS)C(=O)N(N=O)[C@@H](CS)C(=O)[O-])[C@@H](C)O.CC(C)C[C@H](N)C(=O)N[C@@H](CO)C(=O)N[C@H](C(=O)N[C@@H](CS)C(=O)N(N=O)[C@@H](CS)C(=O)[O-])[C@@H](C)O.[Fe+2]. The molecule has 0 aliphatic heterocycles. The zero-order chi connectivity index (χ0) is 56.3. The first-order valence-corrected chi connectivity index (χ1v) is 24.1. The summed E-state index contributed by atoms with van der Waals surface area (Å²) in [5.41, 5.74) is 11.5. The van der Waals surface area contributed by atoms with E-state index in [2.05, 4.69) is 93.0 Å². The third-order valence-electron chi connectivity index (χ3n) is 9.58. The minimum Gasteiger partial charge on any atom is -0.548 e. The molecule has 0 bridgehead atoms. The Labute approximate surface area is 452 Å². The molecule has 30 nitrogen and oxygen atoms in total. The van der Waals surface area contributed by atoms with E-state index < -0.39 is 168 Å². The minimum absolute atomic E-state index is 0. The van der Waals surface area contributed by atoms with Gasteiger partial charge >= 0.3 is 17.1 Å². The van der Waals surface area contributed by atoms with Crippen molar-refractivity contribution in [1.82, 2.24) is 41.9 Å². The van der Waals surface area contributed by atoms with Crippen LogP contribution < -0.4 is 53.6 Å². The van der Waals surface area contributed by atoms with Crippen molar-refractivity contribution in [2.24, 2.45) is 33.9 Å². The largest absolute Gasteiger partial charge is 2.00 e. The molecule has 8 amide bonds. The van der Waals surface area contributed by atoms with Gasteiger partial charge in [-0.2, -0.15) is 60.5 Å². The monoisotopic (exact) mass is 1160 g/mol. The molecule has 0 rings (SSSR count). The molecule has 0 aromatic carbocycles. The fraction of sp³-hybridized carbons (Fsp3) is 0.737. The van der Waals surface area contributed by atoms with Gasteiger partial charge in [-0.1, -0.05) is 27.7 Å². The van der Waals surface area contributed by atoms with Gasteiger partial charge in [0.1, 0.15) is 48.3 Å². The predicted molar refractivity (Wildman–Crippen MR) is 262 cm³/mol. The van der Waals surface area contributed by atoms with Crippen molar-refractivity contribution in [3.05, 3.63) is 9.81 Å². The Morgan fingerprint density at radius 3 is 0.959 bits per heavy atom. The van der Waals surface area contributed by atoms with Crippen molar-refractivity contribution >= 4 is 110 Å². The van der Waals surface area contributed by atoms with Gasteiger partial charge < -0.3 is 83.6 Å². The average Bonchev–Trinajstić information content (AvgIpc) is 3.30. The van der Waals surface area contributed by atoms with Crippen LogP contribution in [0.25, 0.3) is 0 Å². The molecule has 0 unspecified atom stereocenters. The fourth-order valence-electron chi connectivity index (χ4n) is 5.71. The molecule has 0 spiro atoms. The van der Waals surface area contributed by atoms with E-state index in [1.54, 1.807) is 0 Å². The number of carboxylic acids is 2. The molecule has 14 N–H and O–H groups in total. The number of aliphatic carboxylic acids is 2. The van der Waals surface area contributed by atoms with Crippen LogP contribution in [0.1, 0.15) is 54.4 Å². The number of thiol groups is 4. The normalized spacial score (nSPS) is 15.8. The molecule has 0 heterocycles. The van der Waals surface area contributed by atoms with Crippen molar-refractivity contribution in [2.45, 2.75) is 127 Å². The van der Waals surface area contributed by atoms with Gasteiger partial charge in [-0.25, -0.2) is 0 Å². The number of aliphatic hydroxyl groups is 4. The molecular weight excluding hydrogens is 1100 g/mol. The molecule has 0 aromatic rings. The third-order valence-corrected chi connectivity index (χ3v) is 11.0. The Bertz CT molecular complexity index is 1740. The number of nitrogens with two attached hydrogens (primary N) is 2. The number of carboxylic acid groups (broad SMARTS) is 2. The van der Waals surface area contributed by atoms with Gasteiger partial charge in [-0.05, 0) is 38.5 Å². The van der Waals surface area contributed by atoms with Crippen LogP contribution in [0.3, 0.4) is 0 Å². The second-order valence-electron chi connectivity index (χ2n) is 16.5. The van der Waals surface area contributed by atoms with E-state index in [1.807, 2.05) is 27.7 Å². The maximum absolute atomic E-state index is 12.7. The van der Waals surface area contributed by atoms with Gasteiger partial charge in [0, 0.05) is 23.0 Å². The van der Waals surface area contributed by atoms with E-state index in [0.29, 0.717) is 12.8 Å². The molecule has 0 aliphatic rings. The molecule has 0 aromatic heterocycles. The Morgan fingerprint density at radius 1 is 0.493 bits per heavy atom. The average molecular weight is 1160 g/mol. The van der Waals surface area contributed by atoms with Gasteiger partial charge in [0.15, 0.2) is 0 Å². The number of nitrogens with one attached hydrogen (secondary N) is 6. The van der Waals surface area contributed by atoms with Crippen molar-refractivity contribution in [3.63, 3.8) is 0 Å². The van der Waals surface area contributed by atoms with Crippen LogP contribution in [0, 0.1) is 21.6 Å². The number of aliphatic hydroxyl groups excluding tert-OH is 4. The molecule has 12 atom stereocenters. The summed E-state index contributed by atoms with van der Waals surface area (Å²) in [6.07, 6.45) is -2.45. The van der Waals surface area contributed by atoms with E-state index in [9.17, 15) is 88.4 Å².